The topological polar surface area (TPSA) is 50.8 Å². The lowest BCUT2D eigenvalue weighted by Crippen LogP contribution is -2.48. The van der Waals surface area contributed by atoms with E-state index >= 15 is 0 Å². The molecule has 0 aromatic heterocycles. The Morgan fingerprint density at radius 1 is 1.35 bits per heavy atom. The smallest absolute Gasteiger partial charge is 0.254 e. The predicted octanol–water partition coefficient (Wildman–Crippen LogP) is -0.140. The highest BCUT2D eigenvalue weighted by Crippen LogP contribution is 2.18. The van der Waals surface area contributed by atoms with Crippen molar-refractivity contribution >= 4 is 5.91 Å². The summed E-state index contributed by atoms with van der Waals surface area (Å²) >= 11 is 0. The summed E-state index contributed by atoms with van der Waals surface area (Å²) in [6.45, 7) is 4.30. The second-order valence-electron chi connectivity index (χ2n) is 4.76. The normalized spacial score (nSPS) is 27.1. The fraction of sp³-hybridized carbons (Fsp3) is 0.917. The zero-order valence-corrected chi connectivity index (χ0v) is 10.5. The maximum Gasteiger partial charge on any atom is 0.254 e. The minimum absolute atomic E-state index is 0.104. The second kappa shape index (κ2) is 6.33. The lowest BCUT2D eigenvalue weighted by atomic mass is 9.96. The number of nitrogens with zero attached hydrogens (tertiary/aromatic N) is 1. The molecular formula is C12H22N2O3. The molecule has 0 aliphatic carbocycles. The van der Waals surface area contributed by atoms with E-state index in [-0.39, 0.29) is 12.0 Å². The molecule has 5 heteroatoms. The van der Waals surface area contributed by atoms with Crippen LogP contribution in [-0.2, 0) is 14.3 Å². The summed E-state index contributed by atoms with van der Waals surface area (Å²) in [6.07, 6.45) is 1.80. The average Bonchev–Trinajstić information content (AvgIpc) is 2.40. The second-order valence-corrected chi connectivity index (χ2v) is 4.76. The fourth-order valence-corrected chi connectivity index (χ4v) is 2.48. The van der Waals surface area contributed by atoms with E-state index in [9.17, 15) is 4.79 Å². The number of hydrogen-bond acceptors (Lipinski definition) is 4. The van der Waals surface area contributed by atoms with E-state index in [1.165, 1.54) is 0 Å². The summed E-state index contributed by atoms with van der Waals surface area (Å²) in [5.74, 6) is 0.806. The third-order valence-corrected chi connectivity index (χ3v) is 3.51. The van der Waals surface area contributed by atoms with Gasteiger partial charge in [-0.1, -0.05) is 0 Å². The van der Waals surface area contributed by atoms with Gasteiger partial charge in [0.1, 0.15) is 0 Å². The quantitative estimate of drug-likeness (QED) is 0.748. The van der Waals surface area contributed by atoms with Crippen LogP contribution in [0.15, 0.2) is 0 Å². The molecule has 2 aliphatic heterocycles. The Bertz CT molecular complexity index is 246. The third-order valence-electron chi connectivity index (χ3n) is 3.51. The number of hydrogen-bond donors (Lipinski definition) is 1. The van der Waals surface area contributed by atoms with Crippen LogP contribution < -0.4 is 5.32 Å². The average molecular weight is 242 g/mol. The van der Waals surface area contributed by atoms with Crippen molar-refractivity contribution in [2.24, 2.45) is 5.92 Å². The summed E-state index contributed by atoms with van der Waals surface area (Å²) in [5.41, 5.74) is 0. The van der Waals surface area contributed by atoms with E-state index in [1.54, 1.807) is 0 Å². The first-order valence-corrected chi connectivity index (χ1v) is 6.44. The summed E-state index contributed by atoms with van der Waals surface area (Å²) in [4.78, 5) is 14.0. The lowest BCUT2D eigenvalue weighted by Gasteiger charge is -2.34. The van der Waals surface area contributed by atoms with Crippen LogP contribution in [0, 0.1) is 5.92 Å². The zero-order chi connectivity index (χ0) is 12.1. The number of rotatable bonds is 3. The van der Waals surface area contributed by atoms with Gasteiger partial charge in [0.25, 0.3) is 5.91 Å². The molecule has 98 valence electrons. The highest BCUT2D eigenvalue weighted by molar-refractivity contribution is 5.81. The van der Waals surface area contributed by atoms with Gasteiger partial charge < -0.3 is 19.7 Å². The van der Waals surface area contributed by atoms with Crippen LogP contribution in [0.2, 0.25) is 0 Å². The van der Waals surface area contributed by atoms with Crippen LogP contribution in [0.1, 0.15) is 12.8 Å². The van der Waals surface area contributed by atoms with Crippen molar-refractivity contribution in [2.45, 2.75) is 18.9 Å². The molecule has 2 heterocycles. The third kappa shape index (κ3) is 3.40. The van der Waals surface area contributed by atoms with E-state index in [2.05, 4.69) is 5.32 Å². The standard InChI is InChI=1S/C12H22N2O3/c1-13-8-10-2-4-14(5-3-10)12(15)11-9-16-6-7-17-11/h10-11,13H,2-9H2,1H3. The van der Waals surface area contributed by atoms with Gasteiger partial charge in [0.05, 0.1) is 19.8 Å². The van der Waals surface area contributed by atoms with Gasteiger partial charge in [-0.25, -0.2) is 0 Å². The Hall–Kier alpha value is -0.650. The molecule has 5 nitrogen and oxygen atoms in total. The van der Waals surface area contributed by atoms with Gasteiger partial charge in [-0.15, -0.1) is 0 Å². The van der Waals surface area contributed by atoms with Gasteiger partial charge in [0.15, 0.2) is 6.10 Å². The fourth-order valence-electron chi connectivity index (χ4n) is 2.48. The van der Waals surface area contributed by atoms with Gasteiger partial charge in [-0.05, 0) is 32.4 Å². The molecule has 2 saturated heterocycles. The van der Waals surface area contributed by atoms with Gasteiger partial charge in [0.2, 0.25) is 0 Å². The molecule has 17 heavy (non-hydrogen) atoms. The number of nitrogens with one attached hydrogen (secondary N) is 1. The molecular weight excluding hydrogens is 220 g/mol. The van der Waals surface area contributed by atoms with Crippen LogP contribution in [0.4, 0.5) is 0 Å². The Kier molecular flexibility index (Phi) is 4.76. The predicted molar refractivity (Wildman–Crippen MR) is 63.8 cm³/mol. The van der Waals surface area contributed by atoms with Crippen molar-refractivity contribution in [3.05, 3.63) is 0 Å². The highest BCUT2D eigenvalue weighted by Gasteiger charge is 2.30. The molecule has 2 rings (SSSR count). The molecule has 0 bridgehead atoms. The molecule has 1 atom stereocenters. The summed E-state index contributed by atoms with van der Waals surface area (Å²) in [7, 11) is 1.98. The van der Waals surface area contributed by atoms with Crippen molar-refractivity contribution in [3.8, 4) is 0 Å². The van der Waals surface area contributed by atoms with Crippen molar-refractivity contribution in [1.29, 1.82) is 0 Å². The van der Waals surface area contributed by atoms with E-state index in [1.807, 2.05) is 11.9 Å². The molecule has 0 radical (unpaired) electrons. The summed E-state index contributed by atoms with van der Waals surface area (Å²) < 4.78 is 10.7. The van der Waals surface area contributed by atoms with Crippen LogP contribution in [0.25, 0.3) is 0 Å². The highest BCUT2D eigenvalue weighted by atomic mass is 16.6. The van der Waals surface area contributed by atoms with E-state index in [4.69, 9.17) is 9.47 Å². The molecule has 1 unspecified atom stereocenters. The SMILES string of the molecule is CNCC1CCN(C(=O)C2COCCO2)CC1. The molecule has 0 aromatic carbocycles. The maximum absolute atomic E-state index is 12.1. The first-order valence-electron chi connectivity index (χ1n) is 6.44. The molecule has 1 amide bonds. The Labute approximate surface area is 102 Å². The number of carbonyl (C=O) groups is 1. The zero-order valence-electron chi connectivity index (χ0n) is 10.5. The minimum Gasteiger partial charge on any atom is -0.376 e. The number of ether oxygens (including phenoxy) is 2. The number of likely N-dealkylation sites (tertiary alicyclic amines) is 1. The first-order chi connectivity index (χ1) is 8.31. The monoisotopic (exact) mass is 242 g/mol. The number of carbonyl (C=O) groups excluding carboxylic acids is 1. The van der Waals surface area contributed by atoms with E-state index in [0.29, 0.717) is 25.7 Å². The molecule has 2 fully saturated rings. The Balaban J connectivity index is 1.77. The van der Waals surface area contributed by atoms with Gasteiger partial charge >= 0.3 is 0 Å². The van der Waals surface area contributed by atoms with E-state index in [0.717, 1.165) is 32.5 Å². The molecule has 0 saturated carbocycles. The molecule has 0 spiro atoms. The Morgan fingerprint density at radius 2 is 2.12 bits per heavy atom. The first kappa shape index (κ1) is 12.8. The maximum atomic E-state index is 12.1. The van der Waals surface area contributed by atoms with Crippen molar-refractivity contribution in [1.82, 2.24) is 10.2 Å². The van der Waals surface area contributed by atoms with Gasteiger partial charge in [0, 0.05) is 13.1 Å². The summed E-state index contributed by atoms with van der Waals surface area (Å²) in [6, 6.07) is 0. The minimum atomic E-state index is -0.371. The van der Waals surface area contributed by atoms with Crippen molar-refractivity contribution in [2.75, 3.05) is 46.5 Å². The Morgan fingerprint density at radius 3 is 2.71 bits per heavy atom. The van der Waals surface area contributed by atoms with Gasteiger partial charge in [-0.2, -0.15) is 0 Å². The summed E-state index contributed by atoms with van der Waals surface area (Å²) in [5, 5.41) is 3.20. The van der Waals surface area contributed by atoms with Crippen molar-refractivity contribution < 1.29 is 14.3 Å². The lowest BCUT2D eigenvalue weighted by molar-refractivity contribution is -0.159. The number of piperidine rings is 1. The molecule has 2 aliphatic rings. The van der Waals surface area contributed by atoms with Crippen LogP contribution in [-0.4, -0.2) is 63.4 Å². The molecule has 1 N–H and O–H groups in total. The van der Waals surface area contributed by atoms with Gasteiger partial charge in [-0.3, -0.25) is 4.79 Å². The van der Waals surface area contributed by atoms with Crippen LogP contribution in [0.5, 0.6) is 0 Å². The largest absolute Gasteiger partial charge is 0.376 e. The van der Waals surface area contributed by atoms with E-state index < -0.39 is 0 Å². The molecule has 0 aromatic rings. The van der Waals surface area contributed by atoms with Crippen molar-refractivity contribution in [3.63, 3.8) is 0 Å². The van der Waals surface area contributed by atoms with Crippen LogP contribution >= 0.6 is 0 Å². The number of amides is 1. The van der Waals surface area contributed by atoms with Crippen LogP contribution in [0.3, 0.4) is 0 Å².